The van der Waals surface area contributed by atoms with Crippen molar-refractivity contribution >= 4 is 5.91 Å². The van der Waals surface area contributed by atoms with E-state index in [-0.39, 0.29) is 5.91 Å². The van der Waals surface area contributed by atoms with Crippen LogP contribution in [-0.4, -0.2) is 17.5 Å². The molecule has 0 aromatic heterocycles. The first-order chi connectivity index (χ1) is 8.04. The normalized spacial score (nSPS) is 32.9. The summed E-state index contributed by atoms with van der Waals surface area (Å²) >= 11 is 0. The topological polar surface area (TPSA) is 55.1 Å². The number of nitrogens with two attached hydrogens (primary N) is 1. The van der Waals surface area contributed by atoms with Crippen molar-refractivity contribution in [2.24, 2.45) is 17.6 Å². The fourth-order valence-corrected chi connectivity index (χ4v) is 2.92. The van der Waals surface area contributed by atoms with Gasteiger partial charge in [0.2, 0.25) is 5.91 Å². The van der Waals surface area contributed by atoms with Crippen LogP contribution in [0, 0.1) is 11.8 Å². The van der Waals surface area contributed by atoms with Gasteiger partial charge in [0.1, 0.15) is 0 Å². The molecule has 1 atom stereocenters. The van der Waals surface area contributed by atoms with Gasteiger partial charge >= 0.3 is 0 Å². The summed E-state index contributed by atoms with van der Waals surface area (Å²) in [7, 11) is 0. The van der Waals surface area contributed by atoms with Gasteiger partial charge in [0.15, 0.2) is 0 Å². The Morgan fingerprint density at radius 2 is 1.82 bits per heavy atom. The van der Waals surface area contributed by atoms with E-state index in [4.69, 9.17) is 5.73 Å². The molecule has 1 unspecified atom stereocenters. The lowest BCUT2D eigenvalue weighted by molar-refractivity contribution is -0.127. The third-order valence-electron chi connectivity index (χ3n) is 4.67. The summed E-state index contributed by atoms with van der Waals surface area (Å²) < 4.78 is 0. The molecule has 3 nitrogen and oxygen atoms in total. The maximum absolute atomic E-state index is 12.1. The van der Waals surface area contributed by atoms with Crippen molar-refractivity contribution in [1.82, 2.24) is 5.32 Å². The van der Waals surface area contributed by atoms with Crippen molar-refractivity contribution in [3.63, 3.8) is 0 Å². The number of nitrogens with one attached hydrogen (secondary N) is 1. The molecule has 0 spiro atoms. The van der Waals surface area contributed by atoms with Crippen molar-refractivity contribution in [2.75, 3.05) is 0 Å². The van der Waals surface area contributed by atoms with E-state index in [1.54, 1.807) is 0 Å². The maximum Gasteiger partial charge on any atom is 0.240 e. The molecule has 17 heavy (non-hydrogen) atoms. The lowest BCUT2D eigenvalue weighted by atomic mass is 9.84. The summed E-state index contributed by atoms with van der Waals surface area (Å²) in [5.41, 5.74) is 5.49. The molecular formula is C14H26N2O. The van der Waals surface area contributed by atoms with Crippen molar-refractivity contribution in [3.05, 3.63) is 0 Å². The lowest BCUT2D eigenvalue weighted by Gasteiger charge is -2.32. The summed E-state index contributed by atoms with van der Waals surface area (Å²) in [5.74, 6) is 1.35. The van der Waals surface area contributed by atoms with Gasteiger partial charge in [-0.3, -0.25) is 4.79 Å². The van der Waals surface area contributed by atoms with Gasteiger partial charge in [-0.1, -0.05) is 13.3 Å². The predicted molar refractivity (Wildman–Crippen MR) is 69.5 cm³/mol. The molecule has 1 amide bonds. The van der Waals surface area contributed by atoms with Gasteiger partial charge in [0.25, 0.3) is 0 Å². The molecule has 2 rings (SSSR count). The molecule has 0 radical (unpaired) electrons. The van der Waals surface area contributed by atoms with Crippen molar-refractivity contribution < 1.29 is 4.79 Å². The van der Waals surface area contributed by atoms with E-state index in [2.05, 4.69) is 12.2 Å². The third-order valence-corrected chi connectivity index (χ3v) is 4.67. The highest BCUT2D eigenvalue weighted by Crippen LogP contribution is 2.38. The number of hydrogen-bond acceptors (Lipinski definition) is 2. The summed E-state index contributed by atoms with van der Waals surface area (Å²) in [6.45, 7) is 4.14. The first-order valence-corrected chi connectivity index (χ1v) is 7.13. The Bertz CT molecular complexity index is 276. The van der Waals surface area contributed by atoms with Crippen LogP contribution >= 0.6 is 0 Å². The van der Waals surface area contributed by atoms with E-state index in [0.717, 1.165) is 31.6 Å². The summed E-state index contributed by atoms with van der Waals surface area (Å²) in [6.07, 6.45) is 8.28. The lowest BCUT2D eigenvalue weighted by Crippen LogP contribution is -2.56. The van der Waals surface area contributed by atoms with Crippen LogP contribution in [0.15, 0.2) is 0 Å². The van der Waals surface area contributed by atoms with Crippen LogP contribution in [0.4, 0.5) is 0 Å². The number of rotatable bonds is 4. The number of hydrogen-bond donors (Lipinski definition) is 2. The first-order valence-electron chi connectivity index (χ1n) is 7.13. The van der Waals surface area contributed by atoms with Gasteiger partial charge in [-0.15, -0.1) is 0 Å². The Morgan fingerprint density at radius 3 is 2.29 bits per heavy atom. The highest BCUT2D eigenvalue weighted by molar-refractivity contribution is 5.86. The Morgan fingerprint density at radius 1 is 1.24 bits per heavy atom. The Hall–Kier alpha value is -0.570. The van der Waals surface area contributed by atoms with Gasteiger partial charge in [-0.2, -0.15) is 0 Å². The zero-order valence-electron chi connectivity index (χ0n) is 11.2. The largest absolute Gasteiger partial charge is 0.352 e. The molecule has 3 heteroatoms. The maximum atomic E-state index is 12.1. The molecule has 2 aliphatic rings. The second kappa shape index (κ2) is 4.97. The number of carbonyl (C=O) groups is 1. The summed E-state index contributed by atoms with van der Waals surface area (Å²) in [6, 6.07) is 0.368. The minimum absolute atomic E-state index is 0.0694. The Labute approximate surface area is 105 Å². The second-order valence-corrected chi connectivity index (χ2v) is 6.16. The molecule has 3 N–H and O–H groups in total. The zero-order chi connectivity index (χ0) is 12.5. The second-order valence-electron chi connectivity index (χ2n) is 6.16. The summed E-state index contributed by atoms with van der Waals surface area (Å²) in [5, 5.41) is 3.16. The van der Waals surface area contributed by atoms with Gasteiger partial charge < -0.3 is 11.1 Å². The van der Waals surface area contributed by atoms with E-state index < -0.39 is 5.54 Å². The standard InChI is InChI=1S/C14H26N2O/c1-3-10-4-8-12(9-5-10)16-13(17)14(2,15)11-6-7-11/h10-12H,3-9,15H2,1-2H3,(H,16,17). The molecule has 2 aliphatic carbocycles. The molecule has 0 aliphatic heterocycles. The van der Waals surface area contributed by atoms with E-state index >= 15 is 0 Å². The van der Waals surface area contributed by atoms with Crippen LogP contribution in [0.3, 0.4) is 0 Å². The van der Waals surface area contributed by atoms with E-state index in [1.807, 2.05) is 6.92 Å². The van der Waals surface area contributed by atoms with Gasteiger partial charge in [0, 0.05) is 6.04 Å². The molecule has 0 bridgehead atoms. The van der Waals surface area contributed by atoms with Crippen LogP contribution in [0.2, 0.25) is 0 Å². The average molecular weight is 238 g/mol. The monoisotopic (exact) mass is 238 g/mol. The van der Waals surface area contributed by atoms with Crippen molar-refractivity contribution in [1.29, 1.82) is 0 Å². The molecule has 0 aromatic rings. The van der Waals surface area contributed by atoms with Gasteiger partial charge in [-0.25, -0.2) is 0 Å². The highest BCUT2D eigenvalue weighted by Gasteiger charge is 2.44. The quantitative estimate of drug-likeness (QED) is 0.789. The fraction of sp³-hybridized carbons (Fsp3) is 0.929. The van der Waals surface area contributed by atoms with Crippen LogP contribution in [-0.2, 0) is 4.79 Å². The summed E-state index contributed by atoms with van der Waals surface area (Å²) in [4.78, 5) is 12.1. The van der Waals surface area contributed by atoms with Crippen LogP contribution in [0.1, 0.15) is 58.8 Å². The minimum Gasteiger partial charge on any atom is -0.352 e. The van der Waals surface area contributed by atoms with Gasteiger partial charge in [-0.05, 0) is 57.3 Å². The molecule has 0 aromatic carbocycles. The van der Waals surface area contributed by atoms with Crippen molar-refractivity contribution in [2.45, 2.75) is 70.4 Å². The molecular weight excluding hydrogens is 212 g/mol. The third kappa shape index (κ3) is 3.01. The SMILES string of the molecule is CCC1CCC(NC(=O)C(C)(N)C2CC2)CC1. The number of carbonyl (C=O) groups excluding carboxylic acids is 1. The Kier molecular flexibility index (Phi) is 3.76. The smallest absolute Gasteiger partial charge is 0.240 e. The zero-order valence-corrected chi connectivity index (χ0v) is 11.2. The minimum atomic E-state index is -0.637. The average Bonchev–Trinajstić information content (AvgIpc) is 3.14. The molecule has 2 saturated carbocycles. The Balaban J connectivity index is 1.79. The molecule has 98 valence electrons. The van der Waals surface area contributed by atoms with Crippen LogP contribution in [0.25, 0.3) is 0 Å². The molecule has 2 fully saturated rings. The molecule has 0 saturated heterocycles. The molecule has 0 heterocycles. The van der Waals surface area contributed by atoms with E-state index in [0.29, 0.717) is 12.0 Å². The van der Waals surface area contributed by atoms with Crippen LogP contribution in [0.5, 0.6) is 0 Å². The van der Waals surface area contributed by atoms with Crippen LogP contribution < -0.4 is 11.1 Å². The highest BCUT2D eigenvalue weighted by atomic mass is 16.2. The fourth-order valence-electron chi connectivity index (χ4n) is 2.92. The van der Waals surface area contributed by atoms with Crippen molar-refractivity contribution in [3.8, 4) is 0 Å². The van der Waals surface area contributed by atoms with E-state index in [1.165, 1.54) is 19.3 Å². The predicted octanol–water partition coefficient (Wildman–Crippen LogP) is 2.20. The van der Waals surface area contributed by atoms with Gasteiger partial charge in [0.05, 0.1) is 5.54 Å². The first kappa shape index (κ1) is 12.9. The van der Waals surface area contributed by atoms with E-state index in [9.17, 15) is 4.79 Å². The number of amides is 1.